The molecule has 8 nitrogen and oxygen atoms in total. The molecule has 0 fully saturated rings. The second kappa shape index (κ2) is 6.65. The highest BCUT2D eigenvalue weighted by Gasteiger charge is 2.36. The monoisotopic (exact) mass is 383 g/mol. The van der Waals surface area contributed by atoms with Gasteiger partial charge in [0.05, 0.1) is 24.5 Å². The Bertz CT molecular complexity index is 985. The van der Waals surface area contributed by atoms with Crippen LogP contribution in [0.4, 0.5) is 0 Å². The molecule has 2 atom stereocenters. The highest BCUT2D eigenvalue weighted by Crippen LogP contribution is 2.42. The lowest BCUT2D eigenvalue weighted by atomic mass is 9.84. The standard InChI is InChI=1S/C20H17NO7/c22-7-13-19(21-23)14(11-1-3-15-17(5-11)27-9-25-15)8-24-20(13)12-2-4-16-18(6-12)28-10-26-16/h1-6,8,13,20,22-23H,7,9-10H2/b21-19+/t13-,20+/m0/s1. The fourth-order valence-corrected chi connectivity index (χ4v) is 3.63. The number of rotatable bonds is 3. The summed E-state index contributed by atoms with van der Waals surface area (Å²) in [6.45, 7) is 0.0758. The Kier molecular flexibility index (Phi) is 3.98. The third-order valence-corrected chi connectivity index (χ3v) is 5.04. The van der Waals surface area contributed by atoms with Gasteiger partial charge in [-0.05, 0) is 35.4 Å². The maximum Gasteiger partial charge on any atom is 0.231 e. The van der Waals surface area contributed by atoms with Crippen LogP contribution in [0, 0.1) is 5.92 Å². The van der Waals surface area contributed by atoms with Gasteiger partial charge in [0, 0.05) is 5.57 Å². The summed E-state index contributed by atoms with van der Waals surface area (Å²) in [7, 11) is 0. The van der Waals surface area contributed by atoms with Crippen molar-refractivity contribution in [3.63, 3.8) is 0 Å². The molecule has 0 aromatic heterocycles. The molecule has 0 aliphatic carbocycles. The predicted octanol–water partition coefficient (Wildman–Crippen LogP) is 2.70. The minimum atomic E-state index is -0.573. The van der Waals surface area contributed by atoms with Crippen LogP contribution in [0.1, 0.15) is 17.2 Å². The van der Waals surface area contributed by atoms with E-state index < -0.39 is 12.0 Å². The molecule has 28 heavy (non-hydrogen) atoms. The van der Waals surface area contributed by atoms with E-state index in [1.165, 1.54) is 6.26 Å². The van der Waals surface area contributed by atoms with Gasteiger partial charge in [0.15, 0.2) is 23.0 Å². The second-order valence-electron chi connectivity index (χ2n) is 6.54. The summed E-state index contributed by atoms with van der Waals surface area (Å²) in [6.07, 6.45) is 0.997. The van der Waals surface area contributed by atoms with Crippen LogP contribution in [0.3, 0.4) is 0 Å². The maximum atomic E-state index is 10.0. The lowest BCUT2D eigenvalue weighted by Crippen LogP contribution is -2.31. The van der Waals surface area contributed by atoms with Crippen LogP contribution < -0.4 is 18.9 Å². The zero-order chi connectivity index (χ0) is 19.1. The van der Waals surface area contributed by atoms with Crippen LogP contribution >= 0.6 is 0 Å². The highest BCUT2D eigenvalue weighted by atomic mass is 16.7. The summed E-state index contributed by atoms with van der Waals surface area (Å²) in [5, 5.41) is 23.2. The van der Waals surface area contributed by atoms with Crippen LogP contribution in [0.25, 0.3) is 5.57 Å². The Morgan fingerprint density at radius 3 is 2.29 bits per heavy atom. The van der Waals surface area contributed by atoms with Crippen molar-refractivity contribution in [3.05, 3.63) is 53.8 Å². The number of oxime groups is 1. The van der Waals surface area contributed by atoms with Gasteiger partial charge in [-0.2, -0.15) is 0 Å². The molecule has 0 bridgehead atoms. The number of hydrogen-bond acceptors (Lipinski definition) is 8. The van der Waals surface area contributed by atoms with E-state index in [9.17, 15) is 10.3 Å². The van der Waals surface area contributed by atoms with Crippen molar-refractivity contribution in [2.45, 2.75) is 6.10 Å². The fraction of sp³-hybridized carbons (Fsp3) is 0.250. The van der Waals surface area contributed by atoms with Crippen LogP contribution in [-0.2, 0) is 4.74 Å². The molecule has 2 aromatic rings. The molecule has 0 spiro atoms. The quantitative estimate of drug-likeness (QED) is 0.621. The Balaban J connectivity index is 1.52. The molecule has 8 heteroatoms. The van der Waals surface area contributed by atoms with Crippen molar-refractivity contribution in [1.82, 2.24) is 0 Å². The molecule has 0 radical (unpaired) electrons. The molecule has 0 saturated carbocycles. The van der Waals surface area contributed by atoms with Crippen molar-refractivity contribution in [1.29, 1.82) is 0 Å². The number of aliphatic hydroxyl groups excluding tert-OH is 1. The van der Waals surface area contributed by atoms with Gasteiger partial charge in [0.25, 0.3) is 0 Å². The first-order valence-electron chi connectivity index (χ1n) is 8.77. The average molecular weight is 383 g/mol. The van der Waals surface area contributed by atoms with E-state index in [1.54, 1.807) is 18.2 Å². The number of benzene rings is 2. The smallest absolute Gasteiger partial charge is 0.231 e. The number of allylic oxidation sites excluding steroid dienone is 1. The average Bonchev–Trinajstić information content (AvgIpc) is 3.40. The van der Waals surface area contributed by atoms with Crippen molar-refractivity contribution in [3.8, 4) is 23.0 Å². The zero-order valence-electron chi connectivity index (χ0n) is 14.7. The van der Waals surface area contributed by atoms with Gasteiger partial charge in [-0.15, -0.1) is 0 Å². The van der Waals surface area contributed by atoms with Gasteiger partial charge >= 0.3 is 0 Å². The van der Waals surface area contributed by atoms with Crippen molar-refractivity contribution in [2.24, 2.45) is 11.1 Å². The van der Waals surface area contributed by atoms with E-state index in [1.807, 2.05) is 18.2 Å². The van der Waals surface area contributed by atoms with Gasteiger partial charge in [-0.25, -0.2) is 0 Å². The third kappa shape index (κ3) is 2.61. The largest absolute Gasteiger partial charge is 0.492 e. The minimum absolute atomic E-state index is 0.167. The summed E-state index contributed by atoms with van der Waals surface area (Å²) in [4.78, 5) is 0. The first-order chi connectivity index (χ1) is 13.8. The summed E-state index contributed by atoms with van der Waals surface area (Å²) in [5.74, 6) is 1.96. The van der Waals surface area contributed by atoms with E-state index in [2.05, 4.69) is 5.16 Å². The van der Waals surface area contributed by atoms with Gasteiger partial charge in [0.2, 0.25) is 13.6 Å². The predicted molar refractivity (Wildman–Crippen MR) is 96.7 cm³/mol. The highest BCUT2D eigenvalue weighted by molar-refractivity contribution is 6.25. The van der Waals surface area contributed by atoms with Crippen LogP contribution in [0.5, 0.6) is 23.0 Å². The molecule has 0 amide bonds. The molecule has 0 unspecified atom stereocenters. The second-order valence-corrected chi connectivity index (χ2v) is 6.54. The fourth-order valence-electron chi connectivity index (χ4n) is 3.63. The molecular formula is C20H17NO7. The van der Waals surface area contributed by atoms with E-state index >= 15 is 0 Å². The third-order valence-electron chi connectivity index (χ3n) is 5.04. The molecule has 0 saturated heterocycles. The van der Waals surface area contributed by atoms with E-state index in [-0.39, 0.29) is 20.2 Å². The molecule has 144 valence electrons. The summed E-state index contributed by atoms with van der Waals surface area (Å²) in [6, 6.07) is 10.8. The van der Waals surface area contributed by atoms with Gasteiger partial charge in [0.1, 0.15) is 6.10 Å². The van der Waals surface area contributed by atoms with Gasteiger partial charge in [-0.3, -0.25) is 0 Å². The lowest BCUT2D eigenvalue weighted by Gasteiger charge is -2.31. The van der Waals surface area contributed by atoms with E-state index in [0.717, 1.165) is 11.1 Å². The molecule has 2 N–H and O–H groups in total. The van der Waals surface area contributed by atoms with Crippen molar-refractivity contribution < 1.29 is 34.0 Å². The Hall–Kier alpha value is -3.39. The summed E-state index contributed by atoms with van der Waals surface area (Å²) >= 11 is 0. The number of fused-ring (bicyclic) bond motifs is 2. The summed E-state index contributed by atoms with van der Waals surface area (Å²) in [5.41, 5.74) is 2.41. The van der Waals surface area contributed by atoms with Crippen molar-refractivity contribution in [2.75, 3.05) is 20.2 Å². The minimum Gasteiger partial charge on any atom is -0.492 e. The number of aliphatic hydroxyl groups is 1. The molecular weight excluding hydrogens is 366 g/mol. The summed E-state index contributed by atoms with van der Waals surface area (Å²) < 4.78 is 27.5. The number of hydrogen-bond donors (Lipinski definition) is 2. The lowest BCUT2D eigenvalue weighted by molar-refractivity contribution is 0.0765. The molecule has 2 aromatic carbocycles. The van der Waals surface area contributed by atoms with Crippen LogP contribution in [0.2, 0.25) is 0 Å². The first-order valence-corrected chi connectivity index (χ1v) is 8.77. The normalized spacial score (nSPS) is 23.5. The Morgan fingerprint density at radius 1 is 0.893 bits per heavy atom. The zero-order valence-corrected chi connectivity index (χ0v) is 14.7. The topological polar surface area (TPSA) is 99.0 Å². The van der Waals surface area contributed by atoms with Crippen LogP contribution in [0.15, 0.2) is 47.8 Å². The SMILES string of the molecule is OC[C@H]1/C(=N\O)C(c2ccc3c(c2)OCO3)=CO[C@@H]1c1ccc2c(c1)OCO2. The molecule has 3 aliphatic rings. The number of ether oxygens (including phenoxy) is 5. The Morgan fingerprint density at radius 2 is 1.57 bits per heavy atom. The molecule has 5 rings (SSSR count). The number of nitrogens with zero attached hydrogens (tertiary/aromatic N) is 1. The van der Waals surface area contributed by atoms with Crippen LogP contribution in [-0.4, -0.2) is 36.2 Å². The van der Waals surface area contributed by atoms with Crippen molar-refractivity contribution >= 4 is 11.3 Å². The molecule has 3 aliphatic heterocycles. The van der Waals surface area contributed by atoms with E-state index in [4.69, 9.17) is 23.7 Å². The first kappa shape index (κ1) is 16.8. The Labute approximate surface area is 160 Å². The van der Waals surface area contributed by atoms with E-state index in [0.29, 0.717) is 34.3 Å². The molecule has 3 heterocycles. The maximum absolute atomic E-state index is 10.0. The van der Waals surface area contributed by atoms with Gasteiger partial charge < -0.3 is 34.0 Å². The van der Waals surface area contributed by atoms with Gasteiger partial charge in [-0.1, -0.05) is 17.3 Å².